The van der Waals surface area contributed by atoms with Crippen molar-refractivity contribution in [3.63, 3.8) is 0 Å². The Labute approximate surface area is 119 Å². The Morgan fingerprint density at radius 2 is 2.22 bits per heavy atom. The van der Waals surface area contributed by atoms with Crippen LogP contribution < -0.4 is 0 Å². The Morgan fingerprint density at radius 1 is 1.44 bits per heavy atom. The monoisotopic (exact) mass is 289 g/mol. The molecule has 1 aromatic heterocycles. The van der Waals surface area contributed by atoms with Crippen molar-refractivity contribution in [2.24, 2.45) is 0 Å². The molecule has 0 amide bonds. The summed E-state index contributed by atoms with van der Waals surface area (Å²) in [4.78, 5) is 2.16. The molecule has 1 aliphatic carbocycles. The van der Waals surface area contributed by atoms with Crippen molar-refractivity contribution in [3.8, 4) is 0 Å². The van der Waals surface area contributed by atoms with Gasteiger partial charge in [0, 0.05) is 17.8 Å². The molecule has 0 N–H and O–H groups in total. The smallest absolute Gasteiger partial charge is 0.0820 e. The lowest BCUT2D eigenvalue weighted by molar-refractivity contribution is 0.357. The minimum absolute atomic E-state index is 0.289. The van der Waals surface area contributed by atoms with Crippen LogP contribution in [0.1, 0.15) is 37.3 Å². The highest BCUT2D eigenvalue weighted by molar-refractivity contribution is 6.31. The maximum atomic E-state index is 6.30. The van der Waals surface area contributed by atoms with Crippen molar-refractivity contribution >= 4 is 23.2 Å². The topological polar surface area (TPSA) is 21.1 Å². The summed E-state index contributed by atoms with van der Waals surface area (Å²) in [6.07, 6.45) is 6.28. The molecule has 0 aliphatic heterocycles. The van der Waals surface area contributed by atoms with Gasteiger partial charge in [-0.05, 0) is 33.4 Å². The molecule has 0 radical (unpaired) electrons. The van der Waals surface area contributed by atoms with Crippen LogP contribution in [0.3, 0.4) is 0 Å². The van der Waals surface area contributed by atoms with Crippen LogP contribution >= 0.6 is 23.2 Å². The molecule has 5 heteroatoms. The Balaban J connectivity index is 2.12. The van der Waals surface area contributed by atoms with Crippen molar-refractivity contribution in [2.45, 2.75) is 43.5 Å². The van der Waals surface area contributed by atoms with Gasteiger partial charge in [-0.15, -0.1) is 11.6 Å². The first-order chi connectivity index (χ1) is 8.58. The minimum Gasteiger partial charge on any atom is -0.308 e. The van der Waals surface area contributed by atoms with Crippen LogP contribution in [-0.4, -0.2) is 40.7 Å². The number of hydrogen-bond donors (Lipinski definition) is 0. The number of nitrogens with zero attached hydrogens (tertiary/aromatic N) is 3. The molecule has 2 rings (SSSR count). The van der Waals surface area contributed by atoms with Gasteiger partial charge < -0.3 is 4.90 Å². The first kappa shape index (κ1) is 14.2. The van der Waals surface area contributed by atoms with Crippen molar-refractivity contribution < 1.29 is 0 Å². The summed E-state index contributed by atoms with van der Waals surface area (Å²) in [7, 11) is 4.14. The third-order valence-corrected chi connectivity index (χ3v) is 4.28. The number of rotatable bonds is 4. The summed E-state index contributed by atoms with van der Waals surface area (Å²) < 4.78 is 2.06. The first-order valence-corrected chi connectivity index (χ1v) is 7.39. The zero-order chi connectivity index (χ0) is 13.1. The Bertz CT molecular complexity index is 390. The van der Waals surface area contributed by atoms with E-state index in [9.17, 15) is 0 Å². The lowest BCUT2D eigenvalue weighted by Crippen LogP contribution is -2.23. The average molecular weight is 290 g/mol. The van der Waals surface area contributed by atoms with Crippen LogP contribution in [0, 0.1) is 0 Å². The lowest BCUT2D eigenvalue weighted by atomic mass is 9.86. The van der Waals surface area contributed by atoms with E-state index in [2.05, 4.69) is 28.8 Å². The number of likely N-dealkylation sites (N-methyl/N-ethyl adjacent to an activating group) is 1. The first-order valence-electron chi connectivity index (χ1n) is 6.58. The Morgan fingerprint density at radius 3 is 2.89 bits per heavy atom. The third kappa shape index (κ3) is 3.40. The van der Waals surface area contributed by atoms with Crippen LogP contribution in [-0.2, 0) is 6.54 Å². The molecule has 1 heterocycles. The molecule has 0 saturated heterocycles. The van der Waals surface area contributed by atoms with Gasteiger partial charge in [0.1, 0.15) is 0 Å². The summed E-state index contributed by atoms with van der Waals surface area (Å²) in [5.74, 6) is 0.471. The zero-order valence-electron chi connectivity index (χ0n) is 11.1. The number of aromatic nitrogens is 2. The predicted octanol–water partition coefficient (Wildman–Crippen LogP) is 3.36. The maximum Gasteiger partial charge on any atom is 0.0820 e. The number of alkyl halides is 1. The van der Waals surface area contributed by atoms with E-state index in [1.165, 1.54) is 18.5 Å². The van der Waals surface area contributed by atoms with E-state index < -0.39 is 0 Å². The Hall–Kier alpha value is -0.250. The highest BCUT2D eigenvalue weighted by Gasteiger charge is 2.26. The molecule has 1 fully saturated rings. The van der Waals surface area contributed by atoms with Gasteiger partial charge >= 0.3 is 0 Å². The SMILES string of the molecule is CN(C)CCn1ncc(Cl)c1C1CCCC(Cl)C1. The van der Waals surface area contributed by atoms with E-state index in [4.69, 9.17) is 23.2 Å². The molecule has 0 bridgehead atoms. The van der Waals surface area contributed by atoms with Gasteiger partial charge in [-0.3, -0.25) is 4.68 Å². The van der Waals surface area contributed by atoms with Crippen LogP contribution in [0.5, 0.6) is 0 Å². The molecule has 0 spiro atoms. The van der Waals surface area contributed by atoms with Crippen molar-refractivity contribution in [3.05, 3.63) is 16.9 Å². The standard InChI is InChI=1S/C13H21Cl2N3/c1-17(2)6-7-18-13(12(15)9-16-18)10-4-3-5-11(14)8-10/h9-11H,3-8H2,1-2H3. The lowest BCUT2D eigenvalue weighted by Gasteiger charge is -2.26. The Kier molecular flexibility index (Phi) is 4.93. The van der Waals surface area contributed by atoms with E-state index in [1.54, 1.807) is 6.20 Å². The fourth-order valence-corrected chi connectivity index (χ4v) is 3.29. The van der Waals surface area contributed by atoms with E-state index in [0.29, 0.717) is 5.92 Å². The van der Waals surface area contributed by atoms with E-state index in [-0.39, 0.29) is 5.38 Å². The fourth-order valence-electron chi connectivity index (χ4n) is 2.63. The second-order valence-corrected chi connectivity index (χ2v) is 6.39. The molecule has 3 nitrogen and oxygen atoms in total. The van der Waals surface area contributed by atoms with Crippen LogP contribution in [0.25, 0.3) is 0 Å². The highest BCUT2D eigenvalue weighted by Crippen LogP contribution is 2.38. The van der Waals surface area contributed by atoms with Crippen LogP contribution in [0.15, 0.2) is 6.20 Å². The number of hydrogen-bond acceptors (Lipinski definition) is 2. The minimum atomic E-state index is 0.289. The molecule has 2 unspecified atom stereocenters. The number of halogens is 2. The van der Waals surface area contributed by atoms with E-state index >= 15 is 0 Å². The van der Waals surface area contributed by atoms with Gasteiger partial charge in [0.15, 0.2) is 0 Å². The highest BCUT2D eigenvalue weighted by atomic mass is 35.5. The maximum absolute atomic E-state index is 6.30. The largest absolute Gasteiger partial charge is 0.308 e. The summed E-state index contributed by atoms with van der Waals surface area (Å²) in [6.45, 7) is 1.86. The zero-order valence-corrected chi connectivity index (χ0v) is 12.6. The molecule has 102 valence electrons. The molecule has 2 atom stereocenters. The van der Waals surface area contributed by atoms with Gasteiger partial charge in [0.05, 0.1) is 23.5 Å². The molecule has 0 aromatic carbocycles. The van der Waals surface area contributed by atoms with Crippen molar-refractivity contribution in [2.75, 3.05) is 20.6 Å². The molecule has 18 heavy (non-hydrogen) atoms. The summed E-state index contributed by atoms with van der Waals surface area (Å²) in [6, 6.07) is 0. The fraction of sp³-hybridized carbons (Fsp3) is 0.769. The molecule has 1 aromatic rings. The van der Waals surface area contributed by atoms with Gasteiger partial charge in [-0.2, -0.15) is 5.10 Å². The van der Waals surface area contributed by atoms with Crippen LogP contribution in [0.4, 0.5) is 0 Å². The third-order valence-electron chi connectivity index (χ3n) is 3.59. The van der Waals surface area contributed by atoms with E-state index in [1.807, 2.05) is 0 Å². The summed E-state index contributed by atoms with van der Waals surface area (Å²) in [5, 5.41) is 5.49. The van der Waals surface area contributed by atoms with Crippen molar-refractivity contribution in [1.29, 1.82) is 0 Å². The predicted molar refractivity (Wildman–Crippen MR) is 76.6 cm³/mol. The van der Waals surface area contributed by atoms with Gasteiger partial charge in [-0.1, -0.05) is 18.0 Å². The quantitative estimate of drug-likeness (QED) is 0.793. The van der Waals surface area contributed by atoms with Crippen molar-refractivity contribution in [1.82, 2.24) is 14.7 Å². The second kappa shape index (κ2) is 6.27. The summed E-state index contributed by atoms with van der Waals surface area (Å²) >= 11 is 12.6. The van der Waals surface area contributed by atoms with Gasteiger partial charge in [-0.25, -0.2) is 0 Å². The molecule has 1 aliphatic rings. The second-order valence-electron chi connectivity index (χ2n) is 5.36. The van der Waals surface area contributed by atoms with Gasteiger partial charge in [0.25, 0.3) is 0 Å². The van der Waals surface area contributed by atoms with Crippen LogP contribution in [0.2, 0.25) is 5.02 Å². The van der Waals surface area contributed by atoms with E-state index in [0.717, 1.165) is 31.0 Å². The molecular formula is C13H21Cl2N3. The normalized spacial score (nSPS) is 24.7. The molecule has 1 saturated carbocycles. The van der Waals surface area contributed by atoms with Gasteiger partial charge in [0.2, 0.25) is 0 Å². The molecular weight excluding hydrogens is 269 g/mol. The summed E-state index contributed by atoms with van der Waals surface area (Å²) in [5.41, 5.74) is 1.18. The average Bonchev–Trinajstić information content (AvgIpc) is 2.68.